The van der Waals surface area contributed by atoms with Crippen LogP contribution >= 0.6 is 0 Å². The summed E-state index contributed by atoms with van der Waals surface area (Å²) in [6.45, 7) is 2.76. The third kappa shape index (κ3) is 1.89. The first-order valence-electron chi connectivity index (χ1n) is 3.87. The van der Waals surface area contributed by atoms with E-state index in [9.17, 15) is 5.11 Å². The largest absolute Gasteiger partial charge is 0.504 e. The van der Waals surface area contributed by atoms with Gasteiger partial charge in [0.05, 0.1) is 0 Å². The zero-order chi connectivity index (χ0) is 8.97. The number of para-hydroxylation sites is 1. The predicted molar refractivity (Wildman–Crippen MR) is 47.4 cm³/mol. The van der Waals surface area contributed by atoms with Crippen LogP contribution in [0.1, 0.15) is 5.56 Å². The summed E-state index contributed by atoms with van der Waals surface area (Å²) in [7, 11) is 0. The normalized spacial score (nSPS) is 9.83. The molecule has 0 fully saturated rings. The smallest absolute Gasteiger partial charge is 0.163 e. The molecule has 3 nitrogen and oxygen atoms in total. The Morgan fingerprint density at radius 2 is 2.25 bits per heavy atom. The molecule has 1 rings (SSSR count). The summed E-state index contributed by atoms with van der Waals surface area (Å²) < 4.78 is 5.24. The third-order valence-corrected chi connectivity index (χ3v) is 1.56. The van der Waals surface area contributed by atoms with Crippen molar-refractivity contribution in [1.29, 1.82) is 0 Å². The fraction of sp³-hybridized carbons (Fsp3) is 0.333. The van der Waals surface area contributed by atoms with Crippen LogP contribution in [-0.4, -0.2) is 18.3 Å². The van der Waals surface area contributed by atoms with Crippen LogP contribution in [0.3, 0.4) is 0 Å². The van der Waals surface area contributed by atoms with Crippen LogP contribution < -0.4 is 10.5 Å². The first-order valence-corrected chi connectivity index (χ1v) is 3.87. The molecule has 0 unspecified atom stereocenters. The van der Waals surface area contributed by atoms with Gasteiger partial charge in [0.15, 0.2) is 11.5 Å². The molecule has 3 N–H and O–H groups in total. The summed E-state index contributed by atoms with van der Waals surface area (Å²) in [6, 6.07) is 5.25. The van der Waals surface area contributed by atoms with Crippen molar-refractivity contribution in [3.63, 3.8) is 0 Å². The molecule has 0 saturated heterocycles. The SMILES string of the molecule is Cc1cccc(O)c1OCCN. The molecule has 0 aliphatic carbocycles. The van der Waals surface area contributed by atoms with Gasteiger partial charge in [-0.2, -0.15) is 0 Å². The van der Waals surface area contributed by atoms with Gasteiger partial charge in [-0.25, -0.2) is 0 Å². The molecule has 0 radical (unpaired) electrons. The molecule has 0 heterocycles. The van der Waals surface area contributed by atoms with E-state index in [0.29, 0.717) is 18.9 Å². The molecule has 0 aliphatic rings. The molecule has 0 amide bonds. The molecule has 0 aromatic heterocycles. The Morgan fingerprint density at radius 3 is 2.83 bits per heavy atom. The highest BCUT2D eigenvalue weighted by Gasteiger charge is 2.03. The molecule has 0 spiro atoms. The van der Waals surface area contributed by atoms with Gasteiger partial charge in [0, 0.05) is 6.54 Å². The molecule has 0 saturated carbocycles. The van der Waals surface area contributed by atoms with Crippen LogP contribution in [0.5, 0.6) is 11.5 Å². The monoisotopic (exact) mass is 167 g/mol. The minimum absolute atomic E-state index is 0.170. The second-order valence-electron chi connectivity index (χ2n) is 2.56. The van der Waals surface area contributed by atoms with Gasteiger partial charge in [-0.1, -0.05) is 12.1 Å². The van der Waals surface area contributed by atoms with Gasteiger partial charge in [-0.05, 0) is 18.6 Å². The molecule has 0 aliphatic heterocycles. The number of phenols is 1. The molecule has 1 aromatic rings. The van der Waals surface area contributed by atoms with E-state index >= 15 is 0 Å². The van der Waals surface area contributed by atoms with Crippen LogP contribution in [-0.2, 0) is 0 Å². The number of hydrogen-bond donors (Lipinski definition) is 2. The summed E-state index contributed by atoms with van der Waals surface area (Å²) in [4.78, 5) is 0. The zero-order valence-corrected chi connectivity index (χ0v) is 7.08. The third-order valence-electron chi connectivity index (χ3n) is 1.56. The van der Waals surface area contributed by atoms with Gasteiger partial charge in [0.2, 0.25) is 0 Å². The van der Waals surface area contributed by atoms with E-state index in [1.54, 1.807) is 12.1 Å². The van der Waals surface area contributed by atoms with Crippen LogP contribution in [0.15, 0.2) is 18.2 Å². The number of phenolic OH excluding ortho intramolecular Hbond substituents is 1. The molecule has 3 heteroatoms. The van der Waals surface area contributed by atoms with Gasteiger partial charge >= 0.3 is 0 Å². The van der Waals surface area contributed by atoms with E-state index in [1.807, 2.05) is 13.0 Å². The van der Waals surface area contributed by atoms with Crippen LogP contribution in [0.2, 0.25) is 0 Å². The van der Waals surface area contributed by atoms with Crippen molar-refractivity contribution in [1.82, 2.24) is 0 Å². The van der Waals surface area contributed by atoms with E-state index in [-0.39, 0.29) is 5.75 Å². The zero-order valence-electron chi connectivity index (χ0n) is 7.08. The van der Waals surface area contributed by atoms with Crippen LogP contribution in [0, 0.1) is 6.92 Å². The van der Waals surface area contributed by atoms with E-state index in [2.05, 4.69) is 0 Å². The highest BCUT2D eigenvalue weighted by molar-refractivity contribution is 5.44. The summed E-state index contributed by atoms with van der Waals surface area (Å²) in [5.74, 6) is 0.700. The van der Waals surface area contributed by atoms with E-state index in [4.69, 9.17) is 10.5 Å². The maximum Gasteiger partial charge on any atom is 0.163 e. The Bertz CT molecular complexity index is 240. The van der Waals surface area contributed by atoms with Crippen molar-refractivity contribution < 1.29 is 9.84 Å². The Morgan fingerprint density at radius 1 is 1.50 bits per heavy atom. The van der Waals surface area contributed by atoms with Crippen LogP contribution in [0.4, 0.5) is 0 Å². The minimum Gasteiger partial charge on any atom is -0.504 e. The lowest BCUT2D eigenvalue weighted by atomic mass is 10.2. The number of hydrogen-bond acceptors (Lipinski definition) is 3. The maximum atomic E-state index is 9.35. The van der Waals surface area contributed by atoms with Crippen molar-refractivity contribution in [3.8, 4) is 11.5 Å². The van der Waals surface area contributed by atoms with Gasteiger partial charge in [0.25, 0.3) is 0 Å². The molecule has 12 heavy (non-hydrogen) atoms. The number of aryl methyl sites for hydroxylation is 1. The summed E-state index contributed by atoms with van der Waals surface area (Å²) in [5, 5.41) is 9.35. The van der Waals surface area contributed by atoms with Gasteiger partial charge < -0.3 is 15.6 Å². The summed E-state index contributed by atoms with van der Waals surface area (Å²) >= 11 is 0. The molecule has 0 atom stereocenters. The standard InChI is InChI=1S/C9H13NO2/c1-7-3-2-4-8(11)9(7)12-6-5-10/h2-4,11H,5-6,10H2,1H3. The number of rotatable bonds is 3. The van der Waals surface area contributed by atoms with Gasteiger partial charge in [0.1, 0.15) is 6.61 Å². The minimum atomic E-state index is 0.170. The fourth-order valence-electron chi connectivity index (χ4n) is 0.986. The van der Waals surface area contributed by atoms with E-state index in [1.165, 1.54) is 0 Å². The number of benzene rings is 1. The molecule has 66 valence electrons. The Balaban J connectivity index is 2.81. The second-order valence-corrected chi connectivity index (χ2v) is 2.56. The first kappa shape index (κ1) is 8.87. The number of ether oxygens (including phenoxy) is 1. The van der Waals surface area contributed by atoms with Crippen molar-refractivity contribution in [2.75, 3.05) is 13.2 Å². The predicted octanol–water partition coefficient (Wildman–Crippen LogP) is 1.04. The molecule has 0 bridgehead atoms. The lowest BCUT2D eigenvalue weighted by Gasteiger charge is -2.08. The van der Waals surface area contributed by atoms with Crippen molar-refractivity contribution in [2.24, 2.45) is 5.73 Å². The quantitative estimate of drug-likeness (QED) is 0.707. The summed E-state index contributed by atoms with van der Waals surface area (Å²) in [6.07, 6.45) is 0. The van der Waals surface area contributed by atoms with E-state index in [0.717, 1.165) is 5.56 Å². The summed E-state index contributed by atoms with van der Waals surface area (Å²) in [5.41, 5.74) is 6.19. The lowest BCUT2D eigenvalue weighted by molar-refractivity contribution is 0.306. The average molecular weight is 167 g/mol. The molecule has 1 aromatic carbocycles. The van der Waals surface area contributed by atoms with E-state index < -0.39 is 0 Å². The van der Waals surface area contributed by atoms with Crippen molar-refractivity contribution in [3.05, 3.63) is 23.8 Å². The number of nitrogens with two attached hydrogens (primary N) is 1. The Labute approximate surface area is 71.8 Å². The van der Waals surface area contributed by atoms with Crippen molar-refractivity contribution in [2.45, 2.75) is 6.92 Å². The maximum absolute atomic E-state index is 9.35. The lowest BCUT2D eigenvalue weighted by Crippen LogP contribution is -2.11. The Hall–Kier alpha value is -1.22. The van der Waals surface area contributed by atoms with Crippen LogP contribution in [0.25, 0.3) is 0 Å². The highest BCUT2D eigenvalue weighted by atomic mass is 16.5. The Kier molecular flexibility index (Phi) is 2.94. The van der Waals surface area contributed by atoms with Gasteiger partial charge in [-0.3, -0.25) is 0 Å². The fourth-order valence-corrected chi connectivity index (χ4v) is 0.986. The number of aromatic hydroxyl groups is 1. The second kappa shape index (κ2) is 3.97. The topological polar surface area (TPSA) is 55.5 Å². The molecular formula is C9H13NO2. The first-order chi connectivity index (χ1) is 5.75. The molecular weight excluding hydrogens is 154 g/mol. The van der Waals surface area contributed by atoms with Crippen molar-refractivity contribution >= 4 is 0 Å². The highest BCUT2D eigenvalue weighted by Crippen LogP contribution is 2.28. The van der Waals surface area contributed by atoms with Gasteiger partial charge in [-0.15, -0.1) is 0 Å². The average Bonchev–Trinajstić information content (AvgIpc) is 2.04.